The van der Waals surface area contributed by atoms with Crippen LogP contribution >= 0.6 is 0 Å². The summed E-state index contributed by atoms with van der Waals surface area (Å²) < 4.78 is 0. The fourth-order valence-corrected chi connectivity index (χ4v) is 4.07. The van der Waals surface area contributed by atoms with Gasteiger partial charge < -0.3 is 30.4 Å². The van der Waals surface area contributed by atoms with E-state index < -0.39 is 36.9 Å². The highest BCUT2D eigenvalue weighted by molar-refractivity contribution is 5.74. The lowest BCUT2D eigenvalue weighted by Gasteiger charge is -2.40. The number of carboxylic acid groups (broad SMARTS) is 1. The average molecular weight is 365 g/mol. The molecule has 1 aromatic rings. The minimum absolute atomic E-state index is 0.384. The van der Waals surface area contributed by atoms with Gasteiger partial charge in [0, 0.05) is 29.9 Å². The summed E-state index contributed by atoms with van der Waals surface area (Å²) in [7, 11) is 0. The number of anilines is 1. The van der Waals surface area contributed by atoms with Crippen molar-refractivity contribution in [3.8, 4) is 0 Å². The van der Waals surface area contributed by atoms with E-state index in [9.17, 15) is 25.2 Å². The van der Waals surface area contributed by atoms with Gasteiger partial charge in [0.25, 0.3) is 0 Å². The van der Waals surface area contributed by atoms with Crippen molar-refractivity contribution >= 4 is 11.7 Å². The lowest BCUT2D eigenvalue weighted by Crippen LogP contribution is -2.57. The quantitative estimate of drug-likeness (QED) is 0.394. The third kappa shape index (κ3) is 2.77. The standard InChI is InChI=1S/C17H23N3O6/c21-13-4-3-12(14(22)18-13)20-15(23)10-2-1-9(5-11(10)16(20)24)19-6-8(7-19)17(25)26/h1-2,5,8,12-16,18,21-24H,3-4,6-7H2,(H,25,26). The number of nitrogens with zero attached hydrogens (tertiary/aromatic N) is 2. The lowest BCUT2D eigenvalue weighted by molar-refractivity contribution is -0.159. The minimum Gasteiger partial charge on any atom is -0.481 e. The predicted octanol–water partition coefficient (Wildman–Crippen LogP) is -1.11. The highest BCUT2D eigenvalue weighted by Gasteiger charge is 2.45. The van der Waals surface area contributed by atoms with E-state index in [4.69, 9.17) is 5.11 Å². The summed E-state index contributed by atoms with van der Waals surface area (Å²) in [5.41, 5.74) is 1.91. The van der Waals surface area contributed by atoms with Gasteiger partial charge in [0.15, 0.2) is 0 Å². The minimum atomic E-state index is -1.09. The Hall–Kier alpha value is -1.75. The second-order valence-corrected chi connectivity index (χ2v) is 7.22. The monoisotopic (exact) mass is 365 g/mol. The molecular formula is C17H23N3O6. The third-order valence-electron chi connectivity index (χ3n) is 5.63. The predicted molar refractivity (Wildman–Crippen MR) is 89.7 cm³/mol. The van der Waals surface area contributed by atoms with Crippen LogP contribution in [0.25, 0.3) is 0 Å². The first-order chi connectivity index (χ1) is 12.4. The Morgan fingerprint density at radius 2 is 1.73 bits per heavy atom. The van der Waals surface area contributed by atoms with Crippen LogP contribution in [-0.4, -0.2) is 68.0 Å². The Bertz CT molecular complexity index is 710. The third-order valence-corrected chi connectivity index (χ3v) is 5.63. The SMILES string of the molecule is O=C(O)C1CN(c2ccc3c(c2)C(O)N(C2CCC(O)NC2O)C3O)C1. The van der Waals surface area contributed by atoms with Crippen LogP contribution in [0.5, 0.6) is 0 Å². The molecular weight excluding hydrogens is 342 g/mol. The first kappa shape index (κ1) is 17.7. The Kier molecular flexibility index (Phi) is 4.38. The number of aliphatic hydroxyl groups is 4. The Morgan fingerprint density at radius 1 is 1.04 bits per heavy atom. The summed E-state index contributed by atoms with van der Waals surface area (Å²) in [5.74, 6) is -1.20. The van der Waals surface area contributed by atoms with Gasteiger partial charge in [-0.1, -0.05) is 6.07 Å². The molecule has 5 unspecified atom stereocenters. The number of aliphatic hydroxyl groups excluding tert-OH is 4. The van der Waals surface area contributed by atoms with Crippen LogP contribution < -0.4 is 10.2 Å². The number of piperidine rings is 1. The van der Waals surface area contributed by atoms with E-state index in [1.807, 2.05) is 4.90 Å². The normalized spacial score (nSPS) is 35.2. The molecule has 2 fully saturated rings. The summed E-state index contributed by atoms with van der Waals surface area (Å²) in [4.78, 5) is 14.3. The molecule has 0 radical (unpaired) electrons. The van der Waals surface area contributed by atoms with Gasteiger partial charge in [-0.25, -0.2) is 4.90 Å². The Labute approximate surface area is 150 Å². The highest BCUT2D eigenvalue weighted by Crippen LogP contribution is 2.44. The molecule has 0 amide bonds. The highest BCUT2D eigenvalue weighted by atomic mass is 16.4. The maximum absolute atomic E-state index is 11.0. The van der Waals surface area contributed by atoms with Gasteiger partial charge in [-0.15, -0.1) is 0 Å². The van der Waals surface area contributed by atoms with Crippen LogP contribution in [0.1, 0.15) is 36.4 Å². The molecule has 1 aromatic carbocycles. The van der Waals surface area contributed by atoms with Crippen molar-refractivity contribution in [2.45, 2.75) is 43.8 Å². The number of benzene rings is 1. The number of hydrogen-bond acceptors (Lipinski definition) is 8. The molecule has 0 aliphatic carbocycles. The number of carbonyl (C=O) groups is 1. The van der Waals surface area contributed by atoms with Gasteiger partial charge >= 0.3 is 5.97 Å². The maximum Gasteiger partial charge on any atom is 0.310 e. The average Bonchev–Trinajstić information content (AvgIpc) is 2.78. The number of hydrogen-bond donors (Lipinski definition) is 6. The van der Waals surface area contributed by atoms with E-state index in [1.54, 1.807) is 18.2 Å². The van der Waals surface area contributed by atoms with Gasteiger partial charge in [0.05, 0.1) is 12.0 Å². The van der Waals surface area contributed by atoms with Crippen LogP contribution in [-0.2, 0) is 4.79 Å². The topological polar surface area (TPSA) is 137 Å². The molecule has 3 aliphatic heterocycles. The van der Waals surface area contributed by atoms with Gasteiger partial charge in [0.1, 0.15) is 24.9 Å². The molecule has 5 atom stereocenters. The second-order valence-electron chi connectivity index (χ2n) is 7.22. The Morgan fingerprint density at radius 3 is 2.38 bits per heavy atom. The summed E-state index contributed by atoms with van der Waals surface area (Å²) in [6, 6.07) is 4.75. The summed E-state index contributed by atoms with van der Waals surface area (Å²) >= 11 is 0. The zero-order valence-electron chi connectivity index (χ0n) is 14.1. The maximum atomic E-state index is 11.0. The van der Waals surface area contributed by atoms with Crippen molar-refractivity contribution in [3.05, 3.63) is 29.3 Å². The smallest absolute Gasteiger partial charge is 0.310 e. The number of carboxylic acids is 1. The molecule has 142 valence electrons. The molecule has 6 N–H and O–H groups in total. The summed E-state index contributed by atoms with van der Waals surface area (Å²) in [6.07, 6.45) is -3.19. The van der Waals surface area contributed by atoms with Gasteiger partial charge in [-0.2, -0.15) is 0 Å². The van der Waals surface area contributed by atoms with Crippen molar-refractivity contribution in [2.24, 2.45) is 5.92 Å². The molecule has 0 saturated carbocycles. The van der Waals surface area contributed by atoms with E-state index in [0.717, 1.165) is 5.69 Å². The van der Waals surface area contributed by atoms with Gasteiger partial charge in [-0.05, 0) is 25.0 Å². The van der Waals surface area contributed by atoms with Crippen LogP contribution in [0.2, 0.25) is 0 Å². The van der Waals surface area contributed by atoms with E-state index in [0.29, 0.717) is 37.1 Å². The first-order valence-electron chi connectivity index (χ1n) is 8.74. The molecule has 0 bridgehead atoms. The zero-order chi connectivity index (χ0) is 18.6. The number of nitrogens with one attached hydrogen (secondary N) is 1. The zero-order valence-corrected chi connectivity index (χ0v) is 14.1. The van der Waals surface area contributed by atoms with Crippen molar-refractivity contribution in [1.82, 2.24) is 10.2 Å². The fourth-order valence-electron chi connectivity index (χ4n) is 4.07. The van der Waals surface area contributed by atoms with Gasteiger partial charge in [-0.3, -0.25) is 10.1 Å². The Balaban J connectivity index is 1.54. The number of fused-ring (bicyclic) bond motifs is 1. The van der Waals surface area contributed by atoms with E-state index in [1.165, 1.54) is 4.90 Å². The summed E-state index contributed by atoms with van der Waals surface area (Å²) in [5, 5.41) is 52.8. The van der Waals surface area contributed by atoms with Crippen molar-refractivity contribution in [2.75, 3.05) is 18.0 Å². The largest absolute Gasteiger partial charge is 0.481 e. The van der Waals surface area contributed by atoms with E-state index in [2.05, 4.69) is 5.32 Å². The molecule has 3 heterocycles. The van der Waals surface area contributed by atoms with Gasteiger partial charge in [0.2, 0.25) is 0 Å². The lowest BCUT2D eigenvalue weighted by atomic mass is 9.98. The van der Waals surface area contributed by atoms with Crippen molar-refractivity contribution < 1.29 is 30.3 Å². The van der Waals surface area contributed by atoms with Crippen molar-refractivity contribution in [1.29, 1.82) is 0 Å². The molecule has 0 aromatic heterocycles. The van der Waals surface area contributed by atoms with Crippen molar-refractivity contribution in [3.63, 3.8) is 0 Å². The number of aliphatic carboxylic acids is 1. The summed E-state index contributed by atoms with van der Waals surface area (Å²) in [6.45, 7) is 0.833. The number of rotatable bonds is 3. The van der Waals surface area contributed by atoms with Crippen LogP contribution in [0.3, 0.4) is 0 Å². The van der Waals surface area contributed by atoms with Crippen LogP contribution in [0.4, 0.5) is 5.69 Å². The second kappa shape index (κ2) is 6.45. The first-order valence-corrected chi connectivity index (χ1v) is 8.74. The van der Waals surface area contributed by atoms with E-state index >= 15 is 0 Å². The molecule has 4 rings (SSSR count). The molecule has 3 aliphatic rings. The van der Waals surface area contributed by atoms with E-state index in [-0.39, 0.29) is 5.92 Å². The molecule has 9 heteroatoms. The molecule has 9 nitrogen and oxygen atoms in total. The van der Waals surface area contributed by atoms with Crippen LogP contribution in [0.15, 0.2) is 18.2 Å². The molecule has 26 heavy (non-hydrogen) atoms. The fraction of sp³-hybridized carbons (Fsp3) is 0.588. The molecule has 2 saturated heterocycles. The van der Waals surface area contributed by atoms with Crippen LogP contribution in [0, 0.1) is 5.92 Å². The molecule has 0 spiro atoms.